The van der Waals surface area contributed by atoms with Crippen LogP contribution in [0.25, 0.3) is 0 Å². The molecule has 3 N–H and O–H groups in total. The fourth-order valence-corrected chi connectivity index (χ4v) is 1.90. The van der Waals surface area contributed by atoms with E-state index in [1.807, 2.05) is 68.4 Å². The molecule has 116 valence electrons. The minimum atomic E-state index is -0.506. The molecule has 0 heterocycles. The standard InChI is InChI=1S/C18H22N2O2/c1-13(2)17(19)18(21)20-15-8-10-16(11-9-15)22-12-14-6-4-3-5-7-14/h3-11,13,17H,12,19H2,1-2H3,(H,20,21)/t17-/m0/s1. The molecular weight excluding hydrogens is 276 g/mol. The number of ether oxygens (including phenoxy) is 1. The van der Waals surface area contributed by atoms with E-state index in [0.717, 1.165) is 11.3 Å². The lowest BCUT2D eigenvalue weighted by Gasteiger charge is -2.15. The predicted molar refractivity (Wildman–Crippen MR) is 88.7 cm³/mol. The number of hydrogen-bond acceptors (Lipinski definition) is 3. The van der Waals surface area contributed by atoms with Gasteiger partial charge in [0.1, 0.15) is 12.4 Å². The number of carbonyl (C=O) groups excluding carboxylic acids is 1. The number of rotatable bonds is 6. The van der Waals surface area contributed by atoms with Gasteiger partial charge in [-0.3, -0.25) is 4.79 Å². The lowest BCUT2D eigenvalue weighted by atomic mass is 10.1. The van der Waals surface area contributed by atoms with Crippen LogP contribution in [0, 0.1) is 5.92 Å². The maximum absolute atomic E-state index is 11.9. The van der Waals surface area contributed by atoms with Gasteiger partial charge < -0.3 is 15.8 Å². The summed E-state index contributed by atoms with van der Waals surface area (Å²) in [7, 11) is 0. The van der Waals surface area contributed by atoms with Crippen molar-refractivity contribution >= 4 is 11.6 Å². The molecule has 1 atom stereocenters. The van der Waals surface area contributed by atoms with Crippen LogP contribution in [0.5, 0.6) is 5.75 Å². The fourth-order valence-electron chi connectivity index (χ4n) is 1.90. The van der Waals surface area contributed by atoms with Crippen LogP contribution in [0.15, 0.2) is 54.6 Å². The average molecular weight is 298 g/mol. The van der Waals surface area contributed by atoms with Crippen molar-refractivity contribution in [3.63, 3.8) is 0 Å². The van der Waals surface area contributed by atoms with E-state index in [-0.39, 0.29) is 11.8 Å². The van der Waals surface area contributed by atoms with Crippen LogP contribution in [-0.2, 0) is 11.4 Å². The van der Waals surface area contributed by atoms with Crippen LogP contribution in [0.2, 0.25) is 0 Å². The molecule has 2 rings (SSSR count). The Morgan fingerprint density at radius 2 is 1.73 bits per heavy atom. The van der Waals surface area contributed by atoms with Gasteiger partial charge in [-0.05, 0) is 35.7 Å². The second kappa shape index (κ2) is 7.61. The Hall–Kier alpha value is -2.33. The minimum absolute atomic E-state index is 0.105. The third-order valence-corrected chi connectivity index (χ3v) is 3.39. The summed E-state index contributed by atoms with van der Waals surface area (Å²) in [6.45, 7) is 4.36. The van der Waals surface area contributed by atoms with E-state index in [0.29, 0.717) is 12.3 Å². The van der Waals surface area contributed by atoms with Gasteiger partial charge in [0.2, 0.25) is 5.91 Å². The smallest absolute Gasteiger partial charge is 0.241 e. The molecule has 0 aromatic heterocycles. The van der Waals surface area contributed by atoms with Crippen molar-refractivity contribution in [3.8, 4) is 5.75 Å². The van der Waals surface area contributed by atoms with E-state index in [4.69, 9.17) is 10.5 Å². The first-order valence-corrected chi connectivity index (χ1v) is 7.39. The Balaban J connectivity index is 1.89. The van der Waals surface area contributed by atoms with Gasteiger partial charge in [-0.1, -0.05) is 44.2 Å². The van der Waals surface area contributed by atoms with Gasteiger partial charge in [-0.15, -0.1) is 0 Å². The lowest BCUT2D eigenvalue weighted by Crippen LogP contribution is -2.39. The Morgan fingerprint density at radius 3 is 2.32 bits per heavy atom. The first kappa shape index (κ1) is 16.0. The van der Waals surface area contributed by atoms with Gasteiger partial charge in [-0.2, -0.15) is 0 Å². The highest BCUT2D eigenvalue weighted by atomic mass is 16.5. The van der Waals surface area contributed by atoms with Crippen LogP contribution >= 0.6 is 0 Å². The Bertz CT molecular complexity index is 594. The second-order valence-corrected chi connectivity index (χ2v) is 5.56. The van der Waals surface area contributed by atoms with Crippen LogP contribution in [0.4, 0.5) is 5.69 Å². The van der Waals surface area contributed by atoms with Crippen molar-refractivity contribution in [1.29, 1.82) is 0 Å². The van der Waals surface area contributed by atoms with Crippen molar-refractivity contribution in [3.05, 3.63) is 60.2 Å². The predicted octanol–water partition coefficient (Wildman–Crippen LogP) is 3.19. The van der Waals surface area contributed by atoms with Crippen molar-refractivity contribution in [2.75, 3.05) is 5.32 Å². The van der Waals surface area contributed by atoms with Gasteiger partial charge in [0.15, 0.2) is 0 Å². The van der Waals surface area contributed by atoms with E-state index in [1.165, 1.54) is 0 Å². The highest BCUT2D eigenvalue weighted by molar-refractivity contribution is 5.94. The Labute approximate surface area is 131 Å². The fraction of sp³-hybridized carbons (Fsp3) is 0.278. The SMILES string of the molecule is CC(C)[C@H](N)C(=O)Nc1ccc(OCc2ccccc2)cc1. The molecule has 2 aromatic rings. The molecule has 0 saturated carbocycles. The van der Waals surface area contributed by atoms with Crippen LogP contribution < -0.4 is 15.8 Å². The quantitative estimate of drug-likeness (QED) is 0.861. The maximum Gasteiger partial charge on any atom is 0.241 e. The van der Waals surface area contributed by atoms with Crippen molar-refractivity contribution in [1.82, 2.24) is 0 Å². The molecule has 4 heteroatoms. The number of amides is 1. The average Bonchev–Trinajstić information content (AvgIpc) is 2.54. The van der Waals surface area contributed by atoms with E-state index in [2.05, 4.69) is 5.32 Å². The molecule has 0 radical (unpaired) electrons. The monoisotopic (exact) mass is 298 g/mol. The molecular formula is C18H22N2O2. The number of anilines is 1. The van der Waals surface area contributed by atoms with Crippen LogP contribution in [0.1, 0.15) is 19.4 Å². The number of benzene rings is 2. The van der Waals surface area contributed by atoms with Crippen LogP contribution in [-0.4, -0.2) is 11.9 Å². The topological polar surface area (TPSA) is 64.4 Å². The summed E-state index contributed by atoms with van der Waals surface area (Å²) < 4.78 is 5.70. The lowest BCUT2D eigenvalue weighted by molar-refractivity contribution is -0.118. The summed E-state index contributed by atoms with van der Waals surface area (Å²) >= 11 is 0. The van der Waals surface area contributed by atoms with Gasteiger partial charge in [0, 0.05) is 5.69 Å². The molecule has 0 aliphatic carbocycles. The molecule has 1 amide bonds. The van der Waals surface area contributed by atoms with Crippen molar-refractivity contribution < 1.29 is 9.53 Å². The molecule has 4 nitrogen and oxygen atoms in total. The van der Waals surface area contributed by atoms with Gasteiger partial charge >= 0.3 is 0 Å². The third kappa shape index (κ3) is 4.60. The number of hydrogen-bond donors (Lipinski definition) is 2. The molecule has 2 aromatic carbocycles. The van der Waals surface area contributed by atoms with Gasteiger partial charge in [0.25, 0.3) is 0 Å². The molecule has 0 saturated heterocycles. The summed E-state index contributed by atoms with van der Waals surface area (Å²) in [5.41, 5.74) is 7.64. The minimum Gasteiger partial charge on any atom is -0.489 e. The number of nitrogens with one attached hydrogen (secondary N) is 1. The second-order valence-electron chi connectivity index (χ2n) is 5.56. The molecule has 0 aliphatic heterocycles. The summed E-state index contributed by atoms with van der Waals surface area (Å²) in [5, 5.41) is 2.80. The highest BCUT2D eigenvalue weighted by Gasteiger charge is 2.16. The zero-order chi connectivity index (χ0) is 15.9. The normalized spacial score (nSPS) is 12.0. The summed E-state index contributed by atoms with van der Waals surface area (Å²) in [6, 6.07) is 16.8. The highest BCUT2D eigenvalue weighted by Crippen LogP contribution is 2.17. The van der Waals surface area contributed by atoms with E-state index in [9.17, 15) is 4.79 Å². The van der Waals surface area contributed by atoms with E-state index < -0.39 is 6.04 Å². The van der Waals surface area contributed by atoms with E-state index in [1.54, 1.807) is 0 Å². The molecule has 0 aliphatic rings. The first-order valence-electron chi connectivity index (χ1n) is 7.39. The van der Waals surface area contributed by atoms with Crippen molar-refractivity contribution in [2.45, 2.75) is 26.5 Å². The van der Waals surface area contributed by atoms with Gasteiger partial charge in [-0.25, -0.2) is 0 Å². The molecule has 0 spiro atoms. The Morgan fingerprint density at radius 1 is 1.09 bits per heavy atom. The zero-order valence-electron chi connectivity index (χ0n) is 13.0. The van der Waals surface area contributed by atoms with Crippen molar-refractivity contribution in [2.24, 2.45) is 11.7 Å². The summed E-state index contributed by atoms with van der Waals surface area (Å²) in [5.74, 6) is 0.691. The molecule has 0 bridgehead atoms. The maximum atomic E-state index is 11.9. The van der Waals surface area contributed by atoms with Crippen LogP contribution in [0.3, 0.4) is 0 Å². The number of nitrogens with two attached hydrogens (primary N) is 1. The molecule has 0 fully saturated rings. The summed E-state index contributed by atoms with van der Waals surface area (Å²) in [4.78, 5) is 11.9. The number of carbonyl (C=O) groups is 1. The van der Waals surface area contributed by atoms with E-state index >= 15 is 0 Å². The molecule has 22 heavy (non-hydrogen) atoms. The third-order valence-electron chi connectivity index (χ3n) is 3.39. The Kier molecular flexibility index (Phi) is 5.55. The summed E-state index contributed by atoms with van der Waals surface area (Å²) in [6.07, 6.45) is 0. The largest absolute Gasteiger partial charge is 0.489 e. The molecule has 0 unspecified atom stereocenters. The van der Waals surface area contributed by atoms with Gasteiger partial charge in [0.05, 0.1) is 6.04 Å². The zero-order valence-corrected chi connectivity index (χ0v) is 13.0. The first-order chi connectivity index (χ1) is 10.6.